The van der Waals surface area contributed by atoms with E-state index in [0.29, 0.717) is 10.1 Å². The molecule has 0 saturated carbocycles. The van der Waals surface area contributed by atoms with Gasteiger partial charge in [-0.3, -0.25) is 4.79 Å². The van der Waals surface area contributed by atoms with Crippen LogP contribution in [0, 0.1) is 0 Å². The van der Waals surface area contributed by atoms with Crippen LogP contribution in [0.1, 0.15) is 18.1 Å². The number of rotatable bonds is 3. The van der Waals surface area contributed by atoms with Crippen molar-refractivity contribution < 1.29 is 4.79 Å². The normalized spacial score (nSPS) is 17.7. The highest BCUT2D eigenvalue weighted by molar-refractivity contribution is 9.10. The van der Waals surface area contributed by atoms with E-state index in [2.05, 4.69) is 45.3 Å². The molecule has 1 N–H and O–H groups in total. The number of nitrogens with zero attached hydrogens (tertiary/aromatic N) is 1. The zero-order valence-corrected chi connectivity index (χ0v) is 14.9. The summed E-state index contributed by atoms with van der Waals surface area (Å²) in [6, 6.07) is 15.9. The van der Waals surface area contributed by atoms with Gasteiger partial charge in [0.1, 0.15) is 0 Å². The maximum absolute atomic E-state index is 12.1. The van der Waals surface area contributed by atoms with Gasteiger partial charge in [-0.05, 0) is 59.7 Å². The van der Waals surface area contributed by atoms with E-state index in [-0.39, 0.29) is 5.91 Å². The highest BCUT2D eigenvalue weighted by atomic mass is 79.9. The number of aliphatic imine (C=N–C) groups is 1. The molecule has 0 radical (unpaired) electrons. The molecule has 0 aromatic heterocycles. The Morgan fingerprint density at radius 3 is 2.48 bits per heavy atom. The molecule has 0 atom stereocenters. The molecular formula is C18H15BrN2OS. The number of thioether (sulfide) groups is 1. The highest BCUT2D eigenvalue weighted by Crippen LogP contribution is 2.28. The van der Waals surface area contributed by atoms with Gasteiger partial charge in [-0.15, -0.1) is 0 Å². The molecule has 0 bridgehead atoms. The van der Waals surface area contributed by atoms with Crippen molar-refractivity contribution in [1.29, 1.82) is 0 Å². The molecule has 1 aliphatic rings. The monoisotopic (exact) mass is 386 g/mol. The Labute approximate surface area is 148 Å². The Hall–Kier alpha value is -1.85. The van der Waals surface area contributed by atoms with Crippen molar-refractivity contribution >= 4 is 50.5 Å². The Balaban J connectivity index is 1.78. The molecule has 23 heavy (non-hydrogen) atoms. The SMILES string of the molecule is CCc1ccc(C=C2SC(=Nc3ccc(Br)cc3)NC2=O)cc1. The second-order valence-electron chi connectivity index (χ2n) is 5.05. The van der Waals surface area contributed by atoms with E-state index in [0.717, 1.165) is 22.1 Å². The molecule has 0 aliphatic carbocycles. The zero-order valence-electron chi connectivity index (χ0n) is 12.5. The van der Waals surface area contributed by atoms with Gasteiger partial charge in [-0.1, -0.05) is 47.1 Å². The quantitative estimate of drug-likeness (QED) is 0.761. The van der Waals surface area contributed by atoms with E-state index in [1.54, 1.807) is 0 Å². The van der Waals surface area contributed by atoms with Gasteiger partial charge in [-0.2, -0.15) is 0 Å². The number of nitrogens with one attached hydrogen (secondary N) is 1. The first-order chi connectivity index (χ1) is 11.1. The van der Waals surface area contributed by atoms with E-state index in [1.165, 1.54) is 17.3 Å². The number of carbonyl (C=O) groups excluding carboxylic acids is 1. The second kappa shape index (κ2) is 7.15. The molecule has 0 unspecified atom stereocenters. The molecule has 3 nitrogen and oxygen atoms in total. The average Bonchev–Trinajstić information content (AvgIpc) is 2.90. The summed E-state index contributed by atoms with van der Waals surface area (Å²) in [5, 5.41) is 3.41. The van der Waals surface area contributed by atoms with E-state index in [4.69, 9.17) is 0 Å². The predicted octanol–water partition coefficient (Wildman–Crippen LogP) is 4.90. The van der Waals surface area contributed by atoms with Crippen molar-refractivity contribution in [3.05, 3.63) is 69.0 Å². The summed E-state index contributed by atoms with van der Waals surface area (Å²) in [6.45, 7) is 2.12. The molecular weight excluding hydrogens is 372 g/mol. The van der Waals surface area contributed by atoms with Crippen molar-refractivity contribution in [2.75, 3.05) is 0 Å². The van der Waals surface area contributed by atoms with Crippen LogP contribution in [-0.4, -0.2) is 11.1 Å². The van der Waals surface area contributed by atoms with Crippen LogP contribution in [0.2, 0.25) is 0 Å². The van der Waals surface area contributed by atoms with Crippen LogP contribution >= 0.6 is 27.7 Å². The van der Waals surface area contributed by atoms with Crippen molar-refractivity contribution in [2.45, 2.75) is 13.3 Å². The summed E-state index contributed by atoms with van der Waals surface area (Å²) in [7, 11) is 0. The molecule has 0 spiro atoms. The van der Waals surface area contributed by atoms with Crippen LogP contribution in [0.25, 0.3) is 6.08 Å². The van der Waals surface area contributed by atoms with Gasteiger partial charge in [0.15, 0.2) is 5.17 Å². The largest absolute Gasteiger partial charge is 0.300 e. The molecule has 2 aromatic carbocycles. The number of amides is 1. The Morgan fingerprint density at radius 2 is 1.83 bits per heavy atom. The third-order valence-corrected chi connectivity index (χ3v) is 4.83. The number of hydrogen-bond donors (Lipinski definition) is 1. The number of halogens is 1. The Bertz CT molecular complexity index is 780. The molecule has 1 saturated heterocycles. The molecule has 116 valence electrons. The summed E-state index contributed by atoms with van der Waals surface area (Å²) < 4.78 is 1.00. The van der Waals surface area contributed by atoms with Crippen molar-refractivity contribution in [2.24, 2.45) is 4.99 Å². The maximum Gasteiger partial charge on any atom is 0.264 e. The number of aryl methyl sites for hydroxylation is 1. The number of carbonyl (C=O) groups is 1. The third-order valence-electron chi connectivity index (χ3n) is 3.39. The molecule has 1 amide bonds. The first kappa shape index (κ1) is 16.0. The average molecular weight is 387 g/mol. The Kier molecular flexibility index (Phi) is 4.98. The van der Waals surface area contributed by atoms with Crippen LogP contribution in [-0.2, 0) is 11.2 Å². The third kappa shape index (κ3) is 4.12. The molecule has 2 aromatic rings. The van der Waals surface area contributed by atoms with Crippen molar-refractivity contribution in [3.8, 4) is 0 Å². The summed E-state index contributed by atoms with van der Waals surface area (Å²) in [6.07, 6.45) is 2.90. The molecule has 1 heterocycles. The molecule has 3 rings (SSSR count). The lowest BCUT2D eigenvalue weighted by molar-refractivity contribution is -0.115. The predicted molar refractivity (Wildman–Crippen MR) is 101 cm³/mol. The van der Waals surface area contributed by atoms with Crippen LogP contribution in [0.15, 0.2) is 62.9 Å². The van der Waals surface area contributed by atoms with Gasteiger partial charge in [0, 0.05) is 4.47 Å². The van der Waals surface area contributed by atoms with Crippen LogP contribution < -0.4 is 5.32 Å². The first-order valence-corrected chi connectivity index (χ1v) is 8.89. The topological polar surface area (TPSA) is 41.5 Å². The van der Waals surface area contributed by atoms with Gasteiger partial charge in [-0.25, -0.2) is 4.99 Å². The lowest BCUT2D eigenvalue weighted by Crippen LogP contribution is -2.19. The van der Waals surface area contributed by atoms with Crippen LogP contribution in [0.4, 0.5) is 5.69 Å². The summed E-state index contributed by atoms with van der Waals surface area (Å²) in [5.41, 5.74) is 3.11. The fraction of sp³-hybridized carbons (Fsp3) is 0.111. The van der Waals surface area contributed by atoms with Crippen molar-refractivity contribution in [3.63, 3.8) is 0 Å². The van der Waals surface area contributed by atoms with Crippen LogP contribution in [0.5, 0.6) is 0 Å². The maximum atomic E-state index is 12.1. The van der Waals surface area contributed by atoms with Gasteiger partial charge in [0.2, 0.25) is 0 Å². The highest BCUT2D eigenvalue weighted by Gasteiger charge is 2.23. The summed E-state index contributed by atoms with van der Waals surface area (Å²) in [5.74, 6) is -0.106. The standard InChI is InChI=1S/C18H15BrN2OS/c1-2-12-3-5-13(6-4-12)11-16-17(22)21-18(23-16)20-15-9-7-14(19)8-10-15/h3-11H,2H2,1H3,(H,20,21,22). The minimum absolute atomic E-state index is 0.106. The number of hydrogen-bond acceptors (Lipinski definition) is 3. The zero-order chi connectivity index (χ0) is 16.2. The minimum Gasteiger partial charge on any atom is -0.300 e. The smallest absolute Gasteiger partial charge is 0.264 e. The number of benzene rings is 2. The van der Waals surface area contributed by atoms with E-state index < -0.39 is 0 Å². The second-order valence-corrected chi connectivity index (χ2v) is 7.00. The van der Waals surface area contributed by atoms with E-state index >= 15 is 0 Å². The lowest BCUT2D eigenvalue weighted by Gasteiger charge is -1.98. The van der Waals surface area contributed by atoms with Gasteiger partial charge >= 0.3 is 0 Å². The van der Waals surface area contributed by atoms with Gasteiger partial charge in [0.05, 0.1) is 10.6 Å². The Morgan fingerprint density at radius 1 is 1.13 bits per heavy atom. The fourth-order valence-electron chi connectivity index (χ4n) is 2.11. The summed E-state index contributed by atoms with van der Waals surface area (Å²) in [4.78, 5) is 17.2. The molecule has 1 fully saturated rings. The first-order valence-electron chi connectivity index (χ1n) is 7.28. The van der Waals surface area contributed by atoms with Crippen LogP contribution in [0.3, 0.4) is 0 Å². The molecule has 1 aliphatic heterocycles. The van der Waals surface area contributed by atoms with Gasteiger partial charge in [0.25, 0.3) is 5.91 Å². The summed E-state index contributed by atoms with van der Waals surface area (Å²) >= 11 is 4.75. The van der Waals surface area contributed by atoms with Gasteiger partial charge < -0.3 is 5.32 Å². The van der Waals surface area contributed by atoms with E-state index in [9.17, 15) is 4.79 Å². The minimum atomic E-state index is -0.106. The lowest BCUT2D eigenvalue weighted by atomic mass is 10.1. The molecule has 5 heteroatoms. The number of amidine groups is 1. The van der Waals surface area contributed by atoms with Crippen molar-refractivity contribution in [1.82, 2.24) is 5.32 Å². The fourth-order valence-corrected chi connectivity index (χ4v) is 3.22. The van der Waals surface area contributed by atoms with E-state index in [1.807, 2.05) is 42.5 Å².